The summed E-state index contributed by atoms with van der Waals surface area (Å²) >= 11 is 6.08. The van der Waals surface area contributed by atoms with Crippen molar-refractivity contribution in [2.75, 3.05) is 19.1 Å². The number of rotatable bonds is 3. The van der Waals surface area contributed by atoms with Crippen molar-refractivity contribution in [3.8, 4) is 17.0 Å². The Morgan fingerprint density at radius 3 is 2.45 bits per heavy atom. The van der Waals surface area contributed by atoms with E-state index in [2.05, 4.69) is 5.10 Å². The molecule has 0 aliphatic rings. The Morgan fingerprint density at radius 1 is 1.35 bits per heavy atom. The van der Waals surface area contributed by atoms with Crippen molar-refractivity contribution in [1.29, 1.82) is 0 Å². The zero-order valence-corrected chi connectivity index (χ0v) is 12.8. The van der Waals surface area contributed by atoms with Crippen molar-refractivity contribution < 1.29 is 13.2 Å². The molecule has 1 heterocycles. The quantitative estimate of drug-likeness (QED) is 0.932. The molecule has 0 saturated carbocycles. The zero-order chi connectivity index (χ0) is 15.1. The highest BCUT2D eigenvalue weighted by Crippen LogP contribution is 2.36. The molecule has 20 heavy (non-hydrogen) atoms. The predicted octanol–water partition coefficient (Wildman–Crippen LogP) is 1.73. The SMILES string of the molecule is COc1c(Cl)cc(-c2cc(N)n(C)n2)cc1S(C)(=O)=O. The first-order valence-corrected chi connectivity index (χ1v) is 7.88. The van der Waals surface area contributed by atoms with Crippen LogP contribution in [0.15, 0.2) is 23.1 Å². The number of hydrogen-bond donors (Lipinski definition) is 1. The topological polar surface area (TPSA) is 87.2 Å². The normalized spacial score (nSPS) is 11.6. The Kier molecular flexibility index (Phi) is 3.66. The summed E-state index contributed by atoms with van der Waals surface area (Å²) in [6.07, 6.45) is 1.09. The first-order valence-electron chi connectivity index (χ1n) is 5.61. The molecule has 0 bridgehead atoms. The lowest BCUT2D eigenvalue weighted by Gasteiger charge is -2.10. The number of sulfone groups is 1. The minimum absolute atomic E-state index is 0.0201. The lowest BCUT2D eigenvalue weighted by molar-refractivity contribution is 0.403. The van der Waals surface area contributed by atoms with Gasteiger partial charge in [-0.25, -0.2) is 8.42 Å². The van der Waals surface area contributed by atoms with Crippen molar-refractivity contribution in [3.63, 3.8) is 0 Å². The summed E-state index contributed by atoms with van der Waals surface area (Å²) in [5.41, 5.74) is 6.82. The molecular weight excluding hydrogens is 302 g/mol. The highest BCUT2D eigenvalue weighted by atomic mass is 35.5. The Morgan fingerprint density at radius 2 is 2.00 bits per heavy atom. The molecule has 1 aromatic carbocycles. The zero-order valence-electron chi connectivity index (χ0n) is 11.2. The van der Waals surface area contributed by atoms with E-state index in [1.54, 1.807) is 19.2 Å². The number of hydrogen-bond acceptors (Lipinski definition) is 5. The van der Waals surface area contributed by atoms with Gasteiger partial charge >= 0.3 is 0 Å². The number of benzene rings is 1. The molecule has 6 nitrogen and oxygen atoms in total. The second kappa shape index (κ2) is 4.99. The third-order valence-electron chi connectivity index (χ3n) is 2.82. The third kappa shape index (κ3) is 2.59. The summed E-state index contributed by atoms with van der Waals surface area (Å²) in [5.74, 6) is 0.592. The molecule has 1 aromatic heterocycles. The average molecular weight is 316 g/mol. The second-order valence-corrected chi connectivity index (χ2v) is 6.73. The molecule has 2 N–H and O–H groups in total. The highest BCUT2D eigenvalue weighted by Gasteiger charge is 2.20. The van der Waals surface area contributed by atoms with Gasteiger partial charge in [0.2, 0.25) is 0 Å². The molecule has 0 atom stereocenters. The van der Waals surface area contributed by atoms with Crippen molar-refractivity contribution >= 4 is 27.3 Å². The van der Waals surface area contributed by atoms with Gasteiger partial charge in [-0.2, -0.15) is 5.10 Å². The lowest BCUT2D eigenvalue weighted by Crippen LogP contribution is -2.02. The van der Waals surface area contributed by atoms with Crippen LogP contribution in [-0.4, -0.2) is 31.6 Å². The number of nitrogen functional groups attached to an aromatic ring is 1. The van der Waals surface area contributed by atoms with Crippen LogP contribution in [0.25, 0.3) is 11.3 Å². The molecule has 0 radical (unpaired) electrons. The molecule has 0 amide bonds. The minimum Gasteiger partial charge on any atom is -0.494 e. The fraction of sp³-hybridized carbons (Fsp3) is 0.250. The summed E-state index contributed by atoms with van der Waals surface area (Å²) < 4.78 is 30.2. The number of nitrogens with zero attached hydrogens (tertiary/aromatic N) is 2. The van der Waals surface area contributed by atoms with Crippen LogP contribution in [-0.2, 0) is 16.9 Å². The lowest BCUT2D eigenvalue weighted by atomic mass is 10.1. The van der Waals surface area contributed by atoms with Gasteiger partial charge in [0.15, 0.2) is 15.6 Å². The van der Waals surface area contributed by atoms with Crippen molar-refractivity contribution in [2.45, 2.75) is 4.90 Å². The smallest absolute Gasteiger partial charge is 0.179 e. The maximum absolute atomic E-state index is 11.8. The molecule has 0 fully saturated rings. The Hall–Kier alpha value is -1.73. The van der Waals surface area contributed by atoms with Crippen LogP contribution in [0.3, 0.4) is 0 Å². The third-order valence-corrected chi connectivity index (χ3v) is 4.21. The van der Waals surface area contributed by atoms with Gasteiger partial charge in [-0.3, -0.25) is 4.68 Å². The first kappa shape index (κ1) is 14.7. The molecular formula is C12H14ClN3O3S. The molecule has 0 saturated heterocycles. The Labute approximate surface area is 122 Å². The van der Waals surface area contributed by atoms with Gasteiger partial charge in [-0.15, -0.1) is 0 Å². The minimum atomic E-state index is -3.48. The van der Waals surface area contributed by atoms with E-state index in [0.29, 0.717) is 17.1 Å². The van der Waals surface area contributed by atoms with E-state index in [1.807, 2.05) is 0 Å². The van der Waals surface area contributed by atoms with Crippen LogP contribution in [0.2, 0.25) is 5.02 Å². The van der Waals surface area contributed by atoms with Gasteiger partial charge in [-0.1, -0.05) is 11.6 Å². The van der Waals surface area contributed by atoms with E-state index >= 15 is 0 Å². The largest absolute Gasteiger partial charge is 0.494 e. The molecule has 108 valence electrons. The number of aryl methyl sites for hydroxylation is 1. The van der Waals surface area contributed by atoms with Crippen molar-refractivity contribution in [2.24, 2.45) is 7.05 Å². The molecule has 2 aromatic rings. The molecule has 0 spiro atoms. The van der Waals surface area contributed by atoms with Gasteiger partial charge in [0.1, 0.15) is 10.7 Å². The number of aromatic nitrogens is 2. The highest BCUT2D eigenvalue weighted by molar-refractivity contribution is 7.90. The Bertz CT molecular complexity index is 749. The van der Waals surface area contributed by atoms with Crippen LogP contribution in [0.4, 0.5) is 5.82 Å². The van der Waals surface area contributed by atoms with E-state index < -0.39 is 9.84 Å². The fourth-order valence-corrected chi connectivity index (χ4v) is 3.04. The average Bonchev–Trinajstić information content (AvgIpc) is 2.67. The van der Waals surface area contributed by atoms with Crippen molar-refractivity contribution in [1.82, 2.24) is 9.78 Å². The molecule has 2 rings (SSSR count). The van der Waals surface area contributed by atoms with Gasteiger partial charge in [0.25, 0.3) is 0 Å². The van der Waals surface area contributed by atoms with Crippen LogP contribution in [0.1, 0.15) is 0 Å². The number of anilines is 1. The summed E-state index contributed by atoms with van der Waals surface area (Å²) in [5, 5.41) is 4.40. The molecule has 0 aliphatic carbocycles. The molecule has 0 unspecified atom stereocenters. The first-order chi connectivity index (χ1) is 9.24. The molecule has 0 aliphatic heterocycles. The summed E-state index contributed by atoms with van der Waals surface area (Å²) in [7, 11) is -0.412. The van der Waals surface area contributed by atoms with Crippen LogP contribution in [0, 0.1) is 0 Å². The van der Waals surface area contributed by atoms with E-state index in [9.17, 15) is 8.42 Å². The van der Waals surface area contributed by atoms with Gasteiger partial charge in [0.05, 0.1) is 17.8 Å². The van der Waals surface area contributed by atoms with Crippen molar-refractivity contribution in [3.05, 3.63) is 23.2 Å². The van der Waals surface area contributed by atoms with Gasteiger partial charge in [0, 0.05) is 24.9 Å². The number of ether oxygens (including phenoxy) is 1. The summed E-state index contributed by atoms with van der Waals surface area (Å²) in [6, 6.07) is 4.71. The molecule has 8 heteroatoms. The van der Waals surface area contributed by atoms with E-state index in [-0.39, 0.29) is 15.7 Å². The standard InChI is InChI=1S/C12H14ClN3O3S/c1-16-11(14)6-9(15-16)7-4-8(13)12(19-2)10(5-7)20(3,17)18/h4-6H,14H2,1-3H3. The number of methoxy groups -OCH3 is 1. The van der Waals surface area contributed by atoms with Crippen LogP contribution in [0.5, 0.6) is 5.75 Å². The number of nitrogens with two attached hydrogens (primary N) is 1. The van der Waals surface area contributed by atoms with Gasteiger partial charge in [-0.05, 0) is 12.1 Å². The van der Waals surface area contributed by atoms with E-state index in [4.69, 9.17) is 22.1 Å². The monoisotopic (exact) mass is 315 g/mol. The maximum Gasteiger partial charge on any atom is 0.179 e. The predicted molar refractivity (Wildman–Crippen MR) is 77.7 cm³/mol. The Balaban J connectivity index is 2.71. The van der Waals surface area contributed by atoms with Gasteiger partial charge < -0.3 is 10.5 Å². The van der Waals surface area contributed by atoms with E-state index in [0.717, 1.165) is 6.26 Å². The maximum atomic E-state index is 11.8. The second-order valence-electron chi connectivity index (χ2n) is 4.34. The van der Waals surface area contributed by atoms with E-state index in [1.165, 1.54) is 17.9 Å². The van der Waals surface area contributed by atoms with Crippen LogP contribution < -0.4 is 10.5 Å². The fourth-order valence-electron chi connectivity index (χ4n) is 1.81. The summed E-state index contributed by atoms with van der Waals surface area (Å²) in [6.45, 7) is 0. The van der Waals surface area contributed by atoms with Crippen LogP contribution >= 0.6 is 11.6 Å². The number of halogens is 1. The summed E-state index contributed by atoms with van der Waals surface area (Å²) in [4.78, 5) is 0.0201.